The first kappa shape index (κ1) is 19.9. The molecule has 4 nitrogen and oxygen atoms in total. The van der Waals surface area contributed by atoms with Gasteiger partial charge in [0, 0.05) is 29.2 Å². The predicted octanol–water partition coefficient (Wildman–Crippen LogP) is 4.05. The fourth-order valence-electron chi connectivity index (χ4n) is 3.84. The van der Waals surface area contributed by atoms with Gasteiger partial charge in [-0.2, -0.15) is 0 Å². The number of hydrogen-bond acceptors (Lipinski definition) is 3. The zero-order valence-electron chi connectivity index (χ0n) is 15.6. The molecule has 0 heterocycles. The number of benzene rings is 2. The number of hydrogen-bond donors (Lipinski definition) is 3. The molecule has 0 radical (unpaired) electrons. The van der Waals surface area contributed by atoms with Crippen molar-refractivity contribution in [2.24, 2.45) is 0 Å². The Kier molecular flexibility index (Phi) is 6.89. The Morgan fingerprint density at radius 1 is 1.22 bits per heavy atom. The van der Waals surface area contributed by atoms with Crippen molar-refractivity contribution >= 4 is 17.5 Å². The molecule has 1 unspecified atom stereocenters. The van der Waals surface area contributed by atoms with E-state index in [2.05, 4.69) is 35.8 Å². The first-order valence-corrected chi connectivity index (χ1v) is 9.95. The highest BCUT2D eigenvalue weighted by atomic mass is 35.5. The standard InChI is InChI=1S/C22H27ClN2O2/c1-15(18-3-2-4-20(23)13-18)25-21-10-9-19(14-21)16-5-7-17(8-6-16)22(27)24-11-12-26/h2-8,13,15,19,21,25-26H,9-12,14H2,1H3,(H,24,27)/t15-,19+,21?/m1/s1. The maximum atomic E-state index is 11.9. The van der Waals surface area contributed by atoms with Gasteiger partial charge >= 0.3 is 0 Å². The third kappa shape index (κ3) is 5.32. The summed E-state index contributed by atoms with van der Waals surface area (Å²) in [5.41, 5.74) is 3.13. The lowest BCUT2D eigenvalue weighted by atomic mass is 9.96. The molecule has 5 heteroatoms. The minimum absolute atomic E-state index is 0.0477. The Balaban J connectivity index is 1.55. The maximum absolute atomic E-state index is 11.9. The fraction of sp³-hybridized carbons (Fsp3) is 0.409. The van der Waals surface area contributed by atoms with E-state index in [1.807, 2.05) is 30.3 Å². The van der Waals surface area contributed by atoms with E-state index in [4.69, 9.17) is 16.7 Å². The normalized spacial score (nSPS) is 20.4. The monoisotopic (exact) mass is 386 g/mol. The van der Waals surface area contributed by atoms with Gasteiger partial charge in [0.25, 0.3) is 5.91 Å². The minimum Gasteiger partial charge on any atom is -0.395 e. The average molecular weight is 387 g/mol. The van der Waals surface area contributed by atoms with Crippen LogP contribution in [0.4, 0.5) is 0 Å². The van der Waals surface area contributed by atoms with Crippen molar-refractivity contribution < 1.29 is 9.90 Å². The number of carbonyl (C=O) groups is 1. The number of aliphatic hydroxyl groups is 1. The van der Waals surface area contributed by atoms with E-state index >= 15 is 0 Å². The summed E-state index contributed by atoms with van der Waals surface area (Å²) in [5, 5.41) is 16.0. The highest BCUT2D eigenvalue weighted by Crippen LogP contribution is 2.35. The molecule has 144 valence electrons. The number of rotatable bonds is 7. The largest absolute Gasteiger partial charge is 0.395 e. The Morgan fingerprint density at radius 3 is 2.70 bits per heavy atom. The van der Waals surface area contributed by atoms with E-state index in [0.29, 0.717) is 17.5 Å². The van der Waals surface area contributed by atoms with Gasteiger partial charge in [-0.05, 0) is 67.5 Å². The lowest BCUT2D eigenvalue weighted by Gasteiger charge is -2.20. The zero-order valence-corrected chi connectivity index (χ0v) is 16.4. The third-order valence-electron chi connectivity index (χ3n) is 5.31. The number of aliphatic hydroxyl groups excluding tert-OH is 1. The fourth-order valence-corrected chi connectivity index (χ4v) is 4.04. The van der Waals surface area contributed by atoms with Gasteiger partial charge in [0.05, 0.1) is 6.61 Å². The first-order chi connectivity index (χ1) is 13.1. The van der Waals surface area contributed by atoms with E-state index in [-0.39, 0.29) is 25.1 Å². The van der Waals surface area contributed by atoms with Crippen molar-refractivity contribution in [2.45, 2.75) is 44.2 Å². The topological polar surface area (TPSA) is 61.4 Å². The molecule has 0 spiro atoms. The summed E-state index contributed by atoms with van der Waals surface area (Å²) < 4.78 is 0. The molecule has 2 aromatic carbocycles. The molecule has 27 heavy (non-hydrogen) atoms. The van der Waals surface area contributed by atoms with Gasteiger partial charge in [0.2, 0.25) is 0 Å². The van der Waals surface area contributed by atoms with Gasteiger partial charge in [-0.15, -0.1) is 0 Å². The van der Waals surface area contributed by atoms with E-state index in [9.17, 15) is 4.79 Å². The Hall–Kier alpha value is -1.88. The highest BCUT2D eigenvalue weighted by molar-refractivity contribution is 6.30. The molecule has 0 saturated heterocycles. The number of halogens is 1. The van der Waals surface area contributed by atoms with Gasteiger partial charge in [-0.25, -0.2) is 0 Å². The molecular weight excluding hydrogens is 360 g/mol. The number of amides is 1. The quantitative estimate of drug-likeness (QED) is 0.672. The van der Waals surface area contributed by atoms with Crippen molar-refractivity contribution in [3.63, 3.8) is 0 Å². The van der Waals surface area contributed by atoms with Crippen molar-refractivity contribution in [3.8, 4) is 0 Å². The zero-order chi connectivity index (χ0) is 19.2. The van der Waals surface area contributed by atoms with Crippen LogP contribution in [0.3, 0.4) is 0 Å². The van der Waals surface area contributed by atoms with Crippen LogP contribution < -0.4 is 10.6 Å². The molecule has 3 N–H and O–H groups in total. The second-order valence-electron chi connectivity index (χ2n) is 7.25. The first-order valence-electron chi connectivity index (χ1n) is 9.57. The molecule has 1 aliphatic rings. The van der Waals surface area contributed by atoms with Crippen molar-refractivity contribution in [2.75, 3.05) is 13.2 Å². The molecule has 2 aromatic rings. The smallest absolute Gasteiger partial charge is 0.251 e. The van der Waals surface area contributed by atoms with E-state index in [1.165, 1.54) is 11.1 Å². The number of nitrogens with one attached hydrogen (secondary N) is 2. The molecule has 1 amide bonds. The summed E-state index contributed by atoms with van der Waals surface area (Å²) >= 11 is 6.10. The van der Waals surface area contributed by atoms with Crippen molar-refractivity contribution in [3.05, 3.63) is 70.2 Å². The minimum atomic E-state index is -0.142. The third-order valence-corrected chi connectivity index (χ3v) is 5.54. The van der Waals surface area contributed by atoms with Gasteiger partial charge in [-0.1, -0.05) is 35.9 Å². The van der Waals surface area contributed by atoms with Gasteiger partial charge < -0.3 is 15.7 Å². The van der Waals surface area contributed by atoms with Crippen LogP contribution in [0, 0.1) is 0 Å². The van der Waals surface area contributed by atoms with E-state index < -0.39 is 0 Å². The molecule has 3 atom stereocenters. The van der Waals surface area contributed by atoms with Crippen LogP contribution >= 0.6 is 11.6 Å². The number of carbonyl (C=O) groups excluding carboxylic acids is 1. The lowest BCUT2D eigenvalue weighted by Crippen LogP contribution is -2.29. The molecule has 1 fully saturated rings. The molecule has 0 bridgehead atoms. The SMILES string of the molecule is C[C@@H](NC1CC[C@H](c2ccc(C(=O)NCCO)cc2)C1)c1cccc(Cl)c1. The Morgan fingerprint density at radius 2 is 2.00 bits per heavy atom. The van der Waals surface area contributed by atoms with E-state index in [0.717, 1.165) is 24.3 Å². The van der Waals surface area contributed by atoms with Crippen LogP contribution in [-0.2, 0) is 0 Å². The predicted molar refractivity (Wildman–Crippen MR) is 109 cm³/mol. The molecular formula is C22H27ClN2O2. The maximum Gasteiger partial charge on any atom is 0.251 e. The summed E-state index contributed by atoms with van der Waals surface area (Å²) in [5.74, 6) is 0.375. The highest BCUT2D eigenvalue weighted by Gasteiger charge is 2.27. The van der Waals surface area contributed by atoms with Crippen LogP contribution in [-0.4, -0.2) is 30.2 Å². The molecule has 0 aliphatic heterocycles. The van der Waals surface area contributed by atoms with Crippen molar-refractivity contribution in [1.82, 2.24) is 10.6 Å². The second kappa shape index (κ2) is 9.36. The molecule has 0 aromatic heterocycles. The summed E-state index contributed by atoms with van der Waals surface area (Å²) in [6.45, 7) is 2.41. The van der Waals surface area contributed by atoms with Crippen LogP contribution in [0.5, 0.6) is 0 Å². The van der Waals surface area contributed by atoms with Crippen molar-refractivity contribution in [1.29, 1.82) is 0 Å². The average Bonchev–Trinajstić information content (AvgIpc) is 3.14. The lowest BCUT2D eigenvalue weighted by molar-refractivity contribution is 0.0944. The van der Waals surface area contributed by atoms with Crippen LogP contribution in [0.2, 0.25) is 5.02 Å². The molecule has 1 aliphatic carbocycles. The summed E-state index contributed by atoms with van der Waals surface area (Å²) in [7, 11) is 0. The van der Waals surface area contributed by atoms with Gasteiger partial charge in [0.1, 0.15) is 0 Å². The second-order valence-corrected chi connectivity index (χ2v) is 7.69. The summed E-state index contributed by atoms with van der Waals surface area (Å²) in [6.07, 6.45) is 3.39. The molecule has 3 rings (SSSR count). The van der Waals surface area contributed by atoms with Gasteiger partial charge in [-0.3, -0.25) is 4.79 Å². The molecule has 1 saturated carbocycles. The summed E-state index contributed by atoms with van der Waals surface area (Å²) in [6, 6.07) is 16.6. The Labute approximate surface area is 165 Å². The van der Waals surface area contributed by atoms with E-state index in [1.54, 1.807) is 0 Å². The summed E-state index contributed by atoms with van der Waals surface area (Å²) in [4.78, 5) is 11.9. The van der Waals surface area contributed by atoms with Crippen LogP contribution in [0.15, 0.2) is 48.5 Å². The Bertz CT molecular complexity index is 763. The van der Waals surface area contributed by atoms with Crippen LogP contribution in [0.1, 0.15) is 59.6 Å². The van der Waals surface area contributed by atoms with Crippen LogP contribution in [0.25, 0.3) is 0 Å². The van der Waals surface area contributed by atoms with Gasteiger partial charge in [0.15, 0.2) is 0 Å².